The lowest BCUT2D eigenvalue weighted by Gasteiger charge is -2.03. The van der Waals surface area contributed by atoms with Gasteiger partial charge in [-0.05, 0) is 48.1 Å². The molecule has 0 unspecified atom stereocenters. The number of halogens is 1. The second-order valence-corrected chi connectivity index (χ2v) is 5.43. The number of nitrogens with one attached hydrogen (secondary N) is 1. The highest BCUT2D eigenvalue weighted by molar-refractivity contribution is 7.71. The Kier molecular flexibility index (Phi) is 4.14. The summed E-state index contributed by atoms with van der Waals surface area (Å²) >= 11 is 11.4. The van der Waals surface area contributed by atoms with Gasteiger partial charge in [-0.15, -0.1) is 0 Å². The fourth-order valence-corrected chi connectivity index (χ4v) is 2.36. The van der Waals surface area contributed by atoms with E-state index in [0.29, 0.717) is 26.7 Å². The van der Waals surface area contributed by atoms with Crippen molar-refractivity contribution in [2.75, 3.05) is 0 Å². The van der Waals surface area contributed by atoms with E-state index in [1.165, 1.54) is 23.0 Å². The van der Waals surface area contributed by atoms with Crippen molar-refractivity contribution in [2.45, 2.75) is 0 Å². The van der Waals surface area contributed by atoms with E-state index in [2.05, 4.69) is 15.3 Å². The van der Waals surface area contributed by atoms with Crippen LogP contribution in [-0.2, 0) is 0 Å². The van der Waals surface area contributed by atoms with Crippen molar-refractivity contribution in [3.8, 4) is 22.9 Å². The summed E-state index contributed by atoms with van der Waals surface area (Å²) in [7, 11) is 0. The number of hydrogen-bond acceptors (Lipinski definition) is 5. The summed E-state index contributed by atoms with van der Waals surface area (Å²) in [5.41, 5.74) is 1.28. The number of aromatic hydroxyl groups is 2. The SMILES string of the molecule is Oc1ccc(C=Nn2c(-c3ccccc3Cl)n[nH]c2=S)cc1O. The highest BCUT2D eigenvalue weighted by Gasteiger charge is 2.11. The first-order valence-electron chi connectivity index (χ1n) is 6.55. The Morgan fingerprint density at radius 3 is 2.70 bits per heavy atom. The first kappa shape index (κ1) is 15.3. The number of phenols is 2. The Morgan fingerprint density at radius 1 is 1.17 bits per heavy atom. The Bertz CT molecular complexity index is 949. The minimum Gasteiger partial charge on any atom is -0.504 e. The van der Waals surface area contributed by atoms with Crippen molar-refractivity contribution >= 4 is 30.0 Å². The third-order valence-electron chi connectivity index (χ3n) is 3.09. The smallest absolute Gasteiger partial charge is 0.216 e. The summed E-state index contributed by atoms with van der Waals surface area (Å²) in [6.45, 7) is 0. The summed E-state index contributed by atoms with van der Waals surface area (Å²) in [5, 5.41) is 30.4. The quantitative estimate of drug-likeness (QED) is 0.384. The van der Waals surface area contributed by atoms with Gasteiger partial charge in [-0.2, -0.15) is 14.9 Å². The molecule has 0 spiro atoms. The molecule has 0 amide bonds. The van der Waals surface area contributed by atoms with Crippen LogP contribution in [0.25, 0.3) is 11.4 Å². The van der Waals surface area contributed by atoms with Crippen molar-refractivity contribution in [2.24, 2.45) is 5.10 Å². The summed E-state index contributed by atoms with van der Waals surface area (Å²) in [4.78, 5) is 0. The number of nitrogens with zero attached hydrogens (tertiary/aromatic N) is 3. The van der Waals surface area contributed by atoms with E-state index in [1.54, 1.807) is 12.1 Å². The first-order valence-corrected chi connectivity index (χ1v) is 7.33. The molecule has 0 saturated carbocycles. The molecule has 3 rings (SSSR count). The molecule has 0 bridgehead atoms. The largest absolute Gasteiger partial charge is 0.504 e. The van der Waals surface area contributed by atoms with E-state index < -0.39 is 0 Å². The molecule has 0 saturated heterocycles. The van der Waals surface area contributed by atoms with Crippen LogP contribution >= 0.6 is 23.8 Å². The molecule has 0 aliphatic heterocycles. The van der Waals surface area contributed by atoms with Crippen molar-refractivity contribution in [3.63, 3.8) is 0 Å². The lowest BCUT2D eigenvalue weighted by Crippen LogP contribution is -1.95. The Balaban J connectivity index is 2.02. The lowest BCUT2D eigenvalue weighted by molar-refractivity contribution is 0.403. The maximum Gasteiger partial charge on any atom is 0.216 e. The molecule has 3 aromatic rings. The molecule has 116 valence electrons. The maximum absolute atomic E-state index is 9.51. The topological polar surface area (TPSA) is 86.4 Å². The predicted molar refractivity (Wildman–Crippen MR) is 90.6 cm³/mol. The van der Waals surface area contributed by atoms with E-state index >= 15 is 0 Å². The highest BCUT2D eigenvalue weighted by atomic mass is 35.5. The molecular weight excluding hydrogens is 336 g/mol. The van der Waals surface area contributed by atoms with Crippen LogP contribution in [0.3, 0.4) is 0 Å². The molecule has 2 aromatic carbocycles. The number of phenolic OH excluding ortho intramolecular Hbond substituents is 2. The lowest BCUT2D eigenvalue weighted by atomic mass is 10.2. The average Bonchev–Trinajstić information content (AvgIpc) is 2.90. The van der Waals surface area contributed by atoms with Gasteiger partial charge in [-0.3, -0.25) is 0 Å². The minimum atomic E-state index is -0.226. The van der Waals surface area contributed by atoms with E-state index in [0.717, 1.165) is 0 Å². The van der Waals surface area contributed by atoms with Crippen LogP contribution in [0.5, 0.6) is 11.5 Å². The molecule has 8 heteroatoms. The Morgan fingerprint density at radius 2 is 1.96 bits per heavy atom. The molecule has 3 N–H and O–H groups in total. The molecule has 0 aliphatic rings. The zero-order valence-corrected chi connectivity index (χ0v) is 13.2. The number of hydrogen-bond donors (Lipinski definition) is 3. The molecule has 0 atom stereocenters. The van der Waals surface area contributed by atoms with E-state index in [9.17, 15) is 10.2 Å². The zero-order valence-electron chi connectivity index (χ0n) is 11.6. The molecule has 1 heterocycles. The minimum absolute atomic E-state index is 0.196. The van der Waals surface area contributed by atoms with Gasteiger partial charge in [0.05, 0.1) is 11.2 Å². The van der Waals surface area contributed by atoms with Crippen LogP contribution in [0.1, 0.15) is 5.56 Å². The average molecular weight is 347 g/mol. The van der Waals surface area contributed by atoms with Crippen LogP contribution in [0.4, 0.5) is 0 Å². The van der Waals surface area contributed by atoms with E-state index in [1.807, 2.05) is 18.2 Å². The molecule has 0 aliphatic carbocycles. The number of H-pyrrole nitrogens is 1. The molecule has 0 radical (unpaired) electrons. The monoisotopic (exact) mass is 346 g/mol. The van der Waals surface area contributed by atoms with Crippen LogP contribution < -0.4 is 0 Å². The summed E-state index contributed by atoms with van der Waals surface area (Å²) in [6, 6.07) is 11.6. The van der Waals surface area contributed by atoms with Crippen LogP contribution in [0.15, 0.2) is 47.6 Å². The number of rotatable bonds is 3. The number of benzene rings is 2. The fraction of sp³-hybridized carbons (Fsp3) is 0. The summed E-state index contributed by atoms with van der Waals surface area (Å²) in [5.74, 6) is 0.0507. The van der Waals surface area contributed by atoms with E-state index in [4.69, 9.17) is 23.8 Å². The fourth-order valence-electron chi connectivity index (χ4n) is 1.96. The highest BCUT2D eigenvalue weighted by Crippen LogP contribution is 2.26. The normalized spacial score (nSPS) is 11.2. The molecule has 1 aromatic heterocycles. The molecule has 0 fully saturated rings. The first-order chi connectivity index (χ1) is 11.1. The van der Waals surface area contributed by atoms with Crippen LogP contribution in [0.2, 0.25) is 5.02 Å². The van der Waals surface area contributed by atoms with Crippen molar-refractivity contribution in [1.29, 1.82) is 0 Å². The Hall–Kier alpha value is -2.64. The third-order valence-corrected chi connectivity index (χ3v) is 3.68. The maximum atomic E-state index is 9.51. The third kappa shape index (κ3) is 3.10. The van der Waals surface area contributed by atoms with Gasteiger partial charge in [0, 0.05) is 5.56 Å². The van der Waals surface area contributed by atoms with Gasteiger partial charge in [0.1, 0.15) is 0 Å². The van der Waals surface area contributed by atoms with Gasteiger partial charge in [-0.25, -0.2) is 5.10 Å². The van der Waals surface area contributed by atoms with E-state index in [-0.39, 0.29) is 11.5 Å². The van der Waals surface area contributed by atoms with Gasteiger partial charge in [0.2, 0.25) is 4.77 Å². The van der Waals surface area contributed by atoms with Gasteiger partial charge in [0.15, 0.2) is 17.3 Å². The summed E-state index contributed by atoms with van der Waals surface area (Å²) < 4.78 is 1.74. The second kappa shape index (κ2) is 6.23. The summed E-state index contributed by atoms with van der Waals surface area (Å²) in [6.07, 6.45) is 1.49. The second-order valence-electron chi connectivity index (χ2n) is 4.64. The predicted octanol–water partition coefficient (Wildman–Crippen LogP) is 3.55. The van der Waals surface area contributed by atoms with Gasteiger partial charge in [0.25, 0.3) is 0 Å². The van der Waals surface area contributed by atoms with Gasteiger partial charge >= 0.3 is 0 Å². The van der Waals surface area contributed by atoms with Gasteiger partial charge < -0.3 is 10.2 Å². The zero-order chi connectivity index (χ0) is 16.4. The van der Waals surface area contributed by atoms with Crippen molar-refractivity contribution in [3.05, 3.63) is 57.8 Å². The standard InChI is InChI=1S/C15H11ClN4O2S/c16-11-4-2-1-3-10(11)14-18-19-15(23)20(14)17-8-9-5-6-12(21)13(22)7-9/h1-8,21-22H,(H,19,23). The van der Waals surface area contributed by atoms with Crippen molar-refractivity contribution < 1.29 is 10.2 Å². The number of aromatic amines is 1. The molecule has 6 nitrogen and oxygen atoms in total. The Labute approximate surface area is 141 Å². The van der Waals surface area contributed by atoms with Crippen LogP contribution in [0, 0.1) is 4.77 Å². The van der Waals surface area contributed by atoms with Gasteiger partial charge in [-0.1, -0.05) is 23.7 Å². The van der Waals surface area contributed by atoms with Crippen LogP contribution in [-0.4, -0.2) is 31.3 Å². The molecular formula is C15H11ClN4O2S. The number of aromatic nitrogens is 3. The molecule has 23 heavy (non-hydrogen) atoms. The van der Waals surface area contributed by atoms with Crippen molar-refractivity contribution in [1.82, 2.24) is 14.9 Å².